The van der Waals surface area contributed by atoms with Crippen LogP contribution in [0.5, 0.6) is 0 Å². The fraction of sp³-hybridized carbons (Fsp3) is 0.294. The molecule has 0 fully saturated rings. The van der Waals surface area contributed by atoms with Gasteiger partial charge in [-0.15, -0.1) is 6.58 Å². The van der Waals surface area contributed by atoms with Crippen molar-refractivity contribution in [2.45, 2.75) is 12.5 Å². The smallest absolute Gasteiger partial charge is 0.317 e. The number of fused-ring (bicyclic) bond motifs is 1. The Hall–Kier alpha value is -2.56. The third-order valence-corrected chi connectivity index (χ3v) is 4.01. The fourth-order valence-corrected chi connectivity index (χ4v) is 2.94. The number of carbonyl (C=O) groups is 1. The van der Waals surface area contributed by atoms with Crippen molar-refractivity contribution in [3.63, 3.8) is 0 Å². The number of rotatable bonds is 3. The molecule has 1 aromatic heterocycles. The van der Waals surface area contributed by atoms with Gasteiger partial charge in [0.15, 0.2) is 0 Å². The molecule has 1 aliphatic rings. The van der Waals surface area contributed by atoms with Gasteiger partial charge in [-0.1, -0.05) is 30.3 Å². The monoisotopic (exact) mass is 296 g/mol. The van der Waals surface area contributed by atoms with Crippen molar-refractivity contribution in [1.82, 2.24) is 20.0 Å². The van der Waals surface area contributed by atoms with E-state index in [4.69, 9.17) is 0 Å². The third kappa shape index (κ3) is 2.74. The predicted molar refractivity (Wildman–Crippen MR) is 85.5 cm³/mol. The van der Waals surface area contributed by atoms with Gasteiger partial charge in [-0.05, 0) is 16.7 Å². The van der Waals surface area contributed by atoms with Crippen molar-refractivity contribution in [2.24, 2.45) is 7.05 Å². The van der Waals surface area contributed by atoms with Crippen LogP contribution >= 0.6 is 0 Å². The quantitative estimate of drug-likeness (QED) is 0.883. The summed E-state index contributed by atoms with van der Waals surface area (Å²) in [6.07, 6.45) is 5.59. The molecule has 1 N–H and O–H groups in total. The summed E-state index contributed by atoms with van der Waals surface area (Å²) in [6, 6.07) is 8.25. The molecule has 0 bridgehead atoms. The van der Waals surface area contributed by atoms with Gasteiger partial charge in [-0.3, -0.25) is 4.68 Å². The Morgan fingerprint density at radius 1 is 1.50 bits per heavy atom. The van der Waals surface area contributed by atoms with Crippen molar-refractivity contribution in [3.05, 3.63) is 66.0 Å². The molecule has 0 radical (unpaired) electrons. The van der Waals surface area contributed by atoms with Crippen molar-refractivity contribution in [1.29, 1.82) is 0 Å². The Kier molecular flexibility index (Phi) is 3.96. The number of urea groups is 1. The largest absolute Gasteiger partial charge is 0.335 e. The summed E-state index contributed by atoms with van der Waals surface area (Å²) in [6.45, 7) is 5.41. The van der Waals surface area contributed by atoms with Gasteiger partial charge < -0.3 is 10.2 Å². The summed E-state index contributed by atoms with van der Waals surface area (Å²) in [5, 5.41) is 7.13. The third-order valence-electron chi connectivity index (χ3n) is 4.01. The lowest BCUT2D eigenvalue weighted by atomic mass is 9.86. The van der Waals surface area contributed by atoms with E-state index in [0.29, 0.717) is 19.6 Å². The highest BCUT2D eigenvalue weighted by Crippen LogP contribution is 2.33. The van der Waals surface area contributed by atoms with Crippen LogP contribution in [-0.2, 0) is 13.6 Å². The lowest BCUT2D eigenvalue weighted by Crippen LogP contribution is -2.44. The lowest BCUT2D eigenvalue weighted by Gasteiger charge is -2.34. The van der Waals surface area contributed by atoms with Crippen LogP contribution in [0.1, 0.15) is 22.6 Å². The van der Waals surface area contributed by atoms with Crippen LogP contribution in [0.25, 0.3) is 0 Å². The number of aryl methyl sites for hydroxylation is 1. The number of nitrogens with one attached hydrogen (secondary N) is 1. The first kappa shape index (κ1) is 14.4. The number of benzene rings is 1. The molecule has 1 aliphatic heterocycles. The molecule has 2 amide bonds. The molecule has 114 valence electrons. The summed E-state index contributed by atoms with van der Waals surface area (Å²) < 4.78 is 1.80. The van der Waals surface area contributed by atoms with Crippen molar-refractivity contribution < 1.29 is 4.79 Å². The number of aromatic nitrogens is 2. The Balaban J connectivity index is 1.91. The molecule has 0 saturated carbocycles. The van der Waals surface area contributed by atoms with E-state index in [2.05, 4.69) is 35.2 Å². The molecule has 2 heterocycles. The Morgan fingerprint density at radius 2 is 2.32 bits per heavy atom. The molecule has 5 nitrogen and oxygen atoms in total. The highest BCUT2D eigenvalue weighted by atomic mass is 16.2. The fourth-order valence-electron chi connectivity index (χ4n) is 2.94. The first-order valence-electron chi connectivity index (χ1n) is 7.39. The average Bonchev–Trinajstić information content (AvgIpc) is 2.97. The standard InChI is InChI=1S/C17H20N4O/c1-3-8-18-17(22)21-11-13-6-4-5-7-15(13)16(12-21)14-9-19-20(2)10-14/h3-7,9-10,16H,1,8,11-12H2,2H3,(H,18,22). The molecule has 22 heavy (non-hydrogen) atoms. The maximum absolute atomic E-state index is 12.3. The average molecular weight is 296 g/mol. The molecule has 0 aliphatic carbocycles. The van der Waals surface area contributed by atoms with Gasteiger partial charge in [0.05, 0.1) is 6.20 Å². The van der Waals surface area contributed by atoms with E-state index in [-0.39, 0.29) is 11.9 Å². The zero-order valence-electron chi connectivity index (χ0n) is 12.7. The van der Waals surface area contributed by atoms with E-state index < -0.39 is 0 Å². The highest BCUT2D eigenvalue weighted by Gasteiger charge is 2.29. The van der Waals surface area contributed by atoms with E-state index in [1.165, 1.54) is 11.1 Å². The van der Waals surface area contributed by atoms with Gasteiger partial charge in [-0.2, -0.15) is 5.10 Å². The Labute approximate surface area is 130 Å². The van der Waals surface area contributed by atoms with E-state index >= 15 is 0 Å². The summed E-state index contributed by atoms with van der Waals surface area (Å²) in [4.78, 5) is 14.1. The number of hydrogen-bond donors (Lipinski definition) is 1. The molecule has 0 saturated heterocycles. The topological polar surface area (TPSA) is 50.2 Å². The minimum atomic E-state index is -0.0525. The first-order valence-corrected chi connectivity index (χ1v) is 7.39. The first-order chi connectivity index (χ1) is 10.7. The minimum Gasteiger partial charge on any atom is -0.335 e. The van der Waals surface area contributed by atoms with Crippen molar-refractivity contribution in [2.75, 3.05) is 13.1 Å². The molecular formula is C17H20N4O. The van der Waals surface area contributed by atoms with Crippen LogP contribution in [0.3, 0.4) is 0 Å². The van der Waals surface area contributed by atoms with Crippen LogP contribution in [0.15, 0.2) is 49.3 Å². The number of hydrogen-bond acceptors (Lipinski definition) is 2. The second-order valence-electron chi connectivity index (χ2n) is 5.55. The molecular weight excluding hydrogens is 276 g/mol. The van der Waals surface area contributed by atoms with Crippen LogP contribution in [-0.4, -0.2) is 33.8 Å². The summed E-state index contributed by atoms with van der Waals surface area (Å²) in [7, 11) is 1.91. The minimum absolute atomic E-state index is 0.0525. The van der Waals surface area contributed by atoms with E-state index in [1.54, 1.807) is 10.8 Å². The Morgan fingerprint density at radius 3 is 3.05 bits per heavy atom. The van der Waals surface area contributed by atoms with Gasteiger partial charge in [0.2, 0.25) is 0 Å². The van der Waals surface area contributed by atoms with Crippen LogP contribution in [0.2, 0.25) is 0 Å². The predicted octanol–water partition coefficient (Wildman–Crippen LogP) is 2.26. The molecule has 3 rings (SSSR count). The van der Waals surface area contributed by atoms with Gasteiger partial charge in [0, 0.05) is 38.8 Å². The summed E-state index contributed by atoms with van der Waals surface area (Å²) >= 11 is 0. The highest BCUT2D eigenvalue weighted by molar-refractivity contribution is 5.75. The van der Waals surface area contributed by atoms with E-state index in [0.717, 1.165) is 5.56 Å². The molecule has 1 unspecified atom stereocenters. The van der Waals surface area contributed by atoms with Crippen LogP contribution < -0.4 is 5.32 Å². The van der Waals surface area contributed by atoms with Crippen molar-refractivity contribution >= 4 is 6.03 Å². The molecule has 5 heteroatoms. The van der Waals surface area contributed by atoms with Gasteiger partial charge in [-0.25, -0.2) is 4.79 Å². The van der Waals surface area contributed by atoms with Crippen molar-refractivity contribution in [3.8, 4) is 0 Å². The number of nitrogens with zero attached hydrogens (tertiary/aromatic N) is 3. The molecule has 0 spiro atoms. The lowest BCUT2D eigenvalue weighted by molar-refractivity contribution is 0.190. The SMILES string of the molecule is C=CCNC(=O)N1Cc2ccccc2C(c2cnn(C)c2)C1. The summed E-state index contributed by atoms with van der Waals surface area (Å²) in [5.41, 5.74) is 3.61. The Bertz CT molecular complexity index is 691. The number of carbonyl (C=O) groups excluding carboxylic acids is 1. The normalized spacial score (nSPS) is 17.0. The van der Waals surface area contributed by atoms with Crippen LogP contribution in [0, 0.1) is 0 Å². The maximum Gasteiger partial charge on any atom is 0.317 e. The second kappa shape index (κ2) is 6.05. The zero-order chi connectivity index (χ0) is 15.5. The molecule has 1 atom stereocenters. The summed E-state index contributed by atoms with van der Waals surface area (Å²) in [5.74, 6) is 0.160. The van der Waals surface area contributed by atoms with Gasteiger partial charge in [0.25, 0.3) is 0 Å². The second-order valence-corrected chi connectivity index (χ2v) is 5.55. The molecule has 2 aromatic rings. The van der Waals surface area contributed by atoms with Gasteiger partial charge >= 0.3 is 6.03 Å². The van der Waals surface area contributed by atoms with Gasteiger partial charge in [0.1, 0.15) is 0 Å². The maximum atomic E-state index is 12.3. The number of amides is 2. The zero-order valence-corrected chi connectivity index (χ0v) is 12.7. The van der Waals surface area contributed by atoms with E-state index in [9.17, 15) is 4.79 Å². The van der Waals surface area contributed by atoms with Crippen LogP contribution in [0.4, 0.5) is 4.79 Å². The molecule has 1 aromatic carbocycles. The van der Waals surface area contributed by atoms with E-state index in [1.807, 2.05) is 30.4 Å².